The van der Waals surface area contributed by atoms with Crippen LogP contribution in [0.5, 0.6) is 5.75 Å². The first-order chi connectivity index (χ1) is 16.0. The molecule has 0 aromatic heterocycles. The number of esters is 1. The van der Waals surface area contributed by atoms with Crippen molar-refractivity contribution in [1.29, 1.82) is 0 Å². The fourth-order valence-electron chi connectivity index (χ4n) is 6.95. The molecule has 3 atom stereocenters. The Morgan fingerprint density at radius 3 is 2.06 bits per heavy atom. The first-order valence-electron chi connectivity index (χ1n) is 12.3. The number of fused-ring (bicyclic) bond motifs is 1. The number of hydrogen-bond acceptors (Lipinski definition) is 2. The first-order valence-corrected chi connectivity index (χ1v) is 13.6. The molecular weight excluding hydrogens is 424 g/mol. The number of ether oxygens (including phenoxy) is 1. The molecule has 3 aliphatic carbocycles. The third-order valence-corrected chi connectivity index (χ3v) is 10.8. The van der Waals surface area contributed by atoms with Gasteiger partial charge in [0.2, 0.25) is 0 Å². The van der Waals surface area contributed by atoms with Crippen molar-refractivity contribution in [2.45, 2.75) is 67.1 Å². The average Bonchev–Trinajstić information content (AvgIpc) is 3.35. The van der Waals surface area contributed by atoms with Crippen molar-refractivity contribution in [3.8, 4) is 5.75 Å². The third-order valence-electron chi connectivity index (χ3n) is 8.43. The molecule has 0 amide bonds. The summed E-state index contributed by atoms with van der Waals surface area (Å²) in [6.07, 6.45) is 7.15. The Kier molecular flexibility index (Phi) is 4.95. The van der Waals surface area contributed by atoms with Crippen molar-refractivity contribution in [2.75, 3.05) is 0 Å². The highest BCUT2D eigenvalue weighted by Crippen LogP contribution is 2.79. The van der Waals surface area contributed by atoms with Crippen molar-refractivity contribution < 1.29 is 9.53 Å². The summed E-state index contributed by atoms with van der Waals surface area (Å²) in [5, 5.41) is 0. The van der Waals surface area contributed by atoms with Crippen LogP contribution in [0.1, 0.15) is 49.7 Å². The molecule has 0 heterocycles. The highest BCUT2D eigenvalue weighted by atomic mass is 32.2. The van der Waals surface area contributed by atoms with E-state index in [9.17, 15) is 4.79 Å². The van der Waals surface area contributed by atoms with E-state index >= 15 is 0 Å². The minimum absolute atomic E-state index is 0.0410. The Labute approximate surface area is 199 Å². The van der Waals surface area contributed by atoms with Gasteiger partial charge in [-0.15, -0.1) is 0 Å². The normalized spacial score (nSPS) is 27.6. The van der Waals surface area contributed by atoms with Crippen LogP contribution in [0.15, 0.2) is 87.5 Å². The molecule has 3 aliphatic rings. The van der Waals surface area contributed by atoms with Gasteiger partial charge in [0.15, 0.2) is 0 Å². The fourth-order valence-corrected chi connectivity index (χ4v) is 9.43. The Balaban J connectivity index is 1.33. The van der Waals surface area contributed by atoms with E-state index in [0.717, 1.165) is 35.6 Å². The molecular formula is C30H32O2S. The van der Waals surface area contributed by atoms with E-state index in [1.54, 1.807) is 0 Å². The van der Waals surface area contributed by atoms with Gasteiger partial charge in [0.25, 0.3) is 0 Å². The average molecular weight is 457 g/mol. The predicted molar refractivity (Wildman–Crippen MR) is 134 cm³/mol. The van der Waals surface area contributed by atoms with Crippen LogP contribution in [-0.2, 0) is 4.79 Å². The number of benzene rings is 3. The van der Waals surface area contributed by atoms with Crippen LogP contribution in [0, 0.1) is 30.6 Å². The number of thiol groups is 1. The van der Waals surface area contributed by atoms with Gasteiger partial charge in [-0.3, -0.25) is 4.79 Å². The molecule has 3 unspecified atom stereocenters. The molecule has 3 aromatic rings. The molecule has 2 nitrogen and oxygen atoms in total. The molecule has 6 rings (SSSR count). The number of carbonyl (C=O) groups excluding carboxylic acids is 1. The summed E-state index contributed by atoms with van der Waals surface area (Å²) >= 11 is 0. The Morgan fingerprint density at radius 2 is 1.48 bits per heavy atom. The van der Waals surface area contributed by atoms with Crippen LogP contribution in [0.25, 0.3) is 0 Å². The van der Waals surface area contributed by atoms with Crippen LogP contribution in [0.2, 0.25) is 0 Å². The lowest BCUT2D eigenvalue weighted by molar-refractivity contribution is -0.141. The van der Waals surface area contributed by atoms with Crippen LogP contribution < -0.4 is 4.74 Å². The summed E-state index contributed by atoms with van der Waals surface area (Å²) in [6.45, 7) is 4.19. The second-order valence-corrected chi connectivity index (χ2v) is 12.7. The molecule has 3 heteroatoms. The van der Waals surface area contributed by atoms with Gasteiger partial charge < -0.3 is 4.74 Å². The van der Waals surface area contributed by atoms with Gasteiger partial charge in [0.05, 0.1) is 5.41 Å². The fraction of sp³-hybridized carbons (Fsp3) is 0.367. The largest absolute Gasteiger partial charge is 0.426 e. The van der Waals surface area contributed by atoms with Crippen molar-refractivity contribution >= 4 is 16.9 Å². The molecule has 1 spiro atoms. The summed E-state index contributed by atoms with van der Waals surface area (Å²) in [5.74, 6) is 1.56. The van der Waals surface area contributed by atoms with Gasteiger partial charge in [0, 0.05) is 0 Å². The van der Waals surface area contributed by atoms with E-state index in [-0.39, 0.29) is 16.8 Å². The molecule has 2 bridgehead atoms. The molecule has 3 aromatic carbocycles. The molecule has 3 fully saturated rings. The van der Waals surface area contributed by atoms with Crippen LogP contribution in [-0.4, -0.2) is 5.97 Å². The maximum atomic E-state index is 13.5. The molecule has 33 heavy (non-hydrogen) atoms. The molecule has 0 saturated heterocycles. The maximum Gasteiger partial charge on any atom is 0.318 e. The topological polar surface area (TPSA) is 26.3 Å². The number of rotatable bonds is 5. The van der Waals surface area contributed by atoms with Gasteiger partial charge in [-0.2, -0.15) is 10.9 Å². The van der Waals surface area contributed by atoms with E-state index in [4.69, 9.17) is 4.74 Å². The lowest BCUT2D eigenvalue weighted by Crippen LogP contribution is -2.25. The second kappa shape index (κ2) is 7.77. The molecule has 0 N–H and O–H groups in total. The second-order valence-electron chi connectivity index (χ2n) is 10.5. The Morgan fingerprint density at radius 1 is 0.879 bits per heavy atom. The zero-order valence-electron chi connectivity index (χ0n) is 19.5. The first kappa shape index (κ1) is 21.0. The van der Waals surface area contributed by atoms with Gasteiger partial charge in [-0.1, -0.05) is 49.2 Å². The van der Waals surface area contributed by atoms with E-state index < -0.39 is 10.9 Å². The number of carbonyl (C=O) groups is 1. The quantitative estimate of drug-likeness (QED) is 0.242. The summed E-state index contributed by atoms with van der Waals surface area (Å²) in [6, 6.07) is 26.0. The number of hydrogen-bond donors (Lipinski definition) is 1. The maximum absolute atomic E-state index is 13.5. The van der Waals surface area contributed by atoms with E-state index in [0.29, 0.717) is 0 Å². The highest BCUT2D eigenvalue weighted by molar-refractivity contribution is 8.17. The van der Waals surface area contributed by atoms with Crippen LogP contribution in [0.4, 0.5) is 0 Å². The monoisotopic (exact) mass is 456 g/mol. The zero-order chi connectivity index (χ0) is 22.6. The highest BCUT2D eigenvalue weighted by Gasteiger charge is 2.77. The van der Waals surface area contributed by atoms with E-state index in [2.05, 4.69) is 86.6 Å². The van der Waals surface area contributed by atoms with Gasteiger partial charge in [-0.25, -0.2) is 0 Å². The Bertz CT molecular complexity index is 1140. The Hall–Kier alpha value is -2.52. The summed E-state index contributed by atoms with van der Waals surface area (Å²) in [4.78, 5) is 17.4. The van der Waals surface area contributed by atoms with Crippen molar-refractivity contribution in [3.05, 3.63) is 83.9 Å². The minimum atomic E-state index is -0.671. The van der Waals surface area contributed by atoms with Crippen molar-refractivity contribution in [1.82, 2.24) is 0 Å². The summed E-state index contributed by atoms with van der Waals surface area (Å²) < 4.78 is 6.22. The number of aryl methyl sites for hydroxylation is 2. The van der Waals surface area contributed by atoms with Crippen LogP contribution >= 0.6 is 10.9 Å². The van der Waals surface area contributed by atoms with Gasteiger partial charge in [-0.05, 0) is 113 Å². The van der Waals surface area contributed by atoms with Crippen molar-refractivity contribution in [3.63, 3.8) is 0 Å². The molecule has 0 aliphatic heterocycles. The molecule has 3 saturated carbocycles. The van der Waals surface area contributed by atoms with Gasteiger partial charge in [0.1, 0.15) is 5.75 Å². The lowest BCUT2D eigenvalue weighted by Gasteiger charge is -2.25. The standard InChI is InChI=1S/C30H32O2S/c1-21-16-26(33(24-11-5-3-6-12-24)25-13-7-4-8-14-25)17-22(2)27(21)32-28(31)30-19-23-10-9-15-29(30,18-23)20-30/h3-8,11-14,16-17,23,33H,9-10,15,18-20H2,1-2H3. The predicted octanol–water partition coefficient (Wildman–Crippen LogP) is 7.66. The summed E-state index contributed by atoms with van der Waals surface area (Å²) in [5.41, 5.74) is 2.20. The summed E-state index contributed by atoms with van der Waals surface area (Å²) in [7, 11) is -0.671. The minimum Gasteiger partial charge on any atom is -0.426 e. The zero-order valence-corrected chi connectivity index (χ0v) is 20.4. The third kappa shape index (κ3) is 3.35. The molecule has 170 valence electrons. The van der Waals surface area contributed by atoms with Crippen LogP contribution in [0.3, 0.4) is 0 Å². The lowest BCUT2D eigenvalue weighted by atomic mass is 9.83. The van der Waals surface area contributed by atoms with Gasteiger partial charge >= 0.3 is 5.97 Å². The smallest absolute Gasteiger partial charge is 0.318 e. The molecule has 0 radical (unpaired) electrons. The van der Waals surface area contributed by atoms with E-state index in [1.807, 2.05) is 0 Å². The van der Waals surface area contributed by atoms with Crippen molar-refractivity contribution in [2.24, 2.45) is 16.7 Å². The van der Waals surface area contributed by atoms with E-state index in [1.165, 1.54) is 40.4 Å². The SMILES string of the molecule is Cc1cc([SH](c2ccccc2)c2ccccc2)cc(C)c1OC(=O)C12CC3CCCC1(C3)C2.